The molecule has 0 radical (unpaired) electrons. The van der Waals surface area contributed by atoms with Gasteiger partial charge in [0.15, 0.2) is 0 Å². The predicted octanol–water partition coefficient (Wildman–Crippen LogP) is -2.46. The normalized spacial score (nSPS) is 13.0. The summed E-state index contributed by atoms with van der Waals surface area (Å²) in [7, 11) is 0. The van der Waals surface area contributed by atoms with Crippen LogP contribution in [0.5, 0.6) is 0 Å². The number of hydrogen-bond donors (Lipinski definition) is 1. The first kappa shape index (κ1) is 14.0. The number of nitrogens with zero attached hydrogens (tertiary/aromatic N) is 1. The fourth-order valence-electron chi connectivity index (χ4n) is 2.34. The second-order valence-electron chi connectivity index (χ2n) is 4.20. The summed E-state index contributed by atoms with van der Waals surface area (Å²) in [5.41, 5.74) is 2.07. The van der Waals surface area contributed by atoms with Gasteiger partial charge in [-0.05, 0) is 17.7 Å². The summed E-state index contributed by atoms with van der Waals surface area (Å²) in [6.07, 6.45) is 1.89. The third-order valence-electron chi connectivity index (χ3n) is 2.99. The van der Waals surface area contributed by atoms with E-state index in [1.807, 2.05) is 0 Å². The van der Waals surface area contributed by atoms with Crippen molar-refractivity contribution in [2.75, 3.05) is 5.32 Å². The maximum absolute atomic E-state index is 11.5. The standard InChI is InChI=1S/C12H9ClN2O3.Li/c13-7-1-2-8-11-6(3-9(16)14-12(7)11)4-15(8)5-10(17)18;/h1-2,4H,3,5H2,(H,14,16)(H,17,18);/q;+1/p-1. The first-order valence-corrected chi connectivity index (χ1v) is 5.74. The molecular formula is C12H8ClLiN2O3. The molecule has 0 atom stereocenters. The van der Waals surface area contributed by atoms with Crippen molar-refractivity contribution in [1.29, 1.82) is 0 Å². The third-order valence-corrected chi connectivity index (χ3v) is 3.30. The van der Waals surface area contributed by atoms with Gasteiger partial charge in [0.1, 0.15) is 0 Å². The molecule has 19 heavy (non-hydrogen) atoms. The van der Waals surface area contributed by atoms with Crippen molar-refractivity contribution in [3.05, 3.63) is 28.9 Å². The summed E-state index contributed by atoms with van der Waals surface area (Å²) >= 11 is 6.04. The van der Waals surface area contributed by atoms with Crippen LogP contribution in [-0.4, -0.2) is 16.4 Å². The minimum absolute atomic E-state index is 0. The van der Waals surface area contributed by atoms with Crippen LogP contribution in [-0.2, 0) is 22.6 Å². The van der Waals surface area contributed by atoms with Crippen molar-refractivity contribution >= 4 is 40.1 Å². The number of hydrogen-bond acceptors (Lipinski definition) is 3. The Balaban J connectivity index is 0.00000133. The number of aliphatic carboxylic acids is 1. The molecule has 1 aromatic heterocycles. The Morgan fingerprint density at radius 1 is 1.47 bits per heavy atom. The van der Waals surface area contributed by atoms with Crippen LogP contribution in [0.3, 0.4) is 0 Å². The van der Waals surface area contributed by atoms with Gasteiger partial charge in [0.25, 0.3) is 0 Å². The van der Waals surface area contributed by atoms with E-state index in [0.717, 1.165) is 16.5 Å². The molecule has 1 aliphatic heterocycles. The fraction of sp³-hybridized carbons (Fsp3) is 0.167. The zero-order chi connectivity index (χ0) is 12.9. The largest absolute Gasteiger partial charge is 1.00 e. The molecule has 1 aromatic carbocycles. The van der Waals surface area contributed by atoms with E-state index >= 15 is 0 Å². The number of carboxylic acid groups (broad SMARTS) is 1. The molecule has 0 aliphatic carbocycles. The number of carbonyl (C=O) groups is 2. The van der Waals surface area contributed by atoms with E-state index in [1.54, 1.807) is 22.9 Å². The Morgan fingerprint density at radius 3 is 2.89 bits per heavy atom. The zero-order valence-electron chi connectivity index (χ0n) is 10.2. The average molecular weight is 271 g/mol. The van der Waals surface area contributed by atoms with Gasteiger partial charge in [-0.2, -0.15) is 0 Å². The molecule has 1 amide bonds. The van der Waals surface area contributed by atoms with E-state index in [0.29, 0.717) is 10.7 Å². The quantitative estimate of drug-likeness (QED) is 0.615. The summed E-state index contributed by atoms with van der Waals surface area (Å²) in [5.74, 6) is -1.32. The number of amides is 1. The van der Waals surface area contributed by atoms with Gasteiger partial charge >= 0.3 is 18.9 Å². The van der Waals surface area contributed by atoms with Crippen LogP contribution in [0.15, 0.2) is 18.3 Å². The van der Waals surface area contributed by atoms with E-state index in [-0.39, 0.29) is 37.7 Å². The molecule has 0 saturated carbocycles. The number of aromatic nitrogens is 1. The first-order valence-electron chi connectivity index (χ1n) is 5.36. The monoisotopic (exact) mass is 270 g/mol. The zero-order valence-corrected chi connectivity index (χ0v) is 11.0. The Kier molecular flexibility index (Phi) is 3.64. The molecule has 0 unspecified atom stereocenters. The predicted molar refractivity (Wildman–Crippen MR) is 64.3 cm³/mol. The molecule has 0 spiro atoms. The molecule has 92 valence electrons. The summed E-state index contributed by atoms with van der Waals surface area (Å²) in [5, 5.41) is 14.7. The van der Waals surface area contributed by atoms with Gasteiger partial charge < -0.3 is 19.8 Å². The Labute approximate surface area is 125 Å². The van der Waals surface area contributed by atoms with Gasteiger partial charge in [-0.3, -0.25) is 4.79 Å². The fourth-order valence-corrected chi connectivity index (χ4v) is 2.54. The molecule has 2 heterocycles. The molecule has 3 rings (SSSR count). The molecule has 2 aromatic rings. The summed E-state index contributed by atoms with van der Waals surface area (Å²) in [6.45, 7) is -0.244. The van der Waals surface area contributed by atoms with E-state index in [1.165, 1.54) is 0 Å². The van der Waals surface area contributed by atoms with Crippen molar-refractivity contribution < 1.29 is 33.6 Å². The number of anilines is 1. The minimum atomic E-state index is -1.17. The van der Waals surface area contributed by atoms with Crippen LogP contribution in [0.4, 0.5) is 5.69 Å². The van der Waals surface area contributed by atoms with Crippen LogP contribution in [0, 0.1) is 0 Å². The van der Waals surface area contributed by atoms with Gasteiger partial charge in [-0.1, -0.05) is 11.6 Å². The second kappa shape index (κ2) is 4.93. The number of benzene rings is 1. The third kappa shape index (κ3) is 2.25. The maximum atomic E-state index is 11.5. The van der Waals surface area contributed by atoms with Crippen LogP contribution in [0.2, 0.25) is 5.02 Å². The molecular weight excluding hydrogens is 263 g/mol. The summed E-state index contributed by atoms with van der Waals surface area (Å²) < 4.78 is 1.56. The second-order valence-corrected chi connectivity index (χ2v) is 4.60. The molecule has 0 bridgehead atoms. The Hall–Kier alpha value is -1.41. The van der Waals surface area contributed by atoms with E-state index in [4.69, 9.17) is 11.6 Å². The SMILES string of the molecule is O=C([O-])Cn1cc2c3c(c(Cl)ccc31)NC(=O)C2.[Li+]. The van der Waals surface area contributed by atoms with E-state index < -0.39 is 5.97 Å². The van der Waals surface area contributed by atoms with Crippen LogP contribution in [0.25, 0.3) is 10.9 Å². The van der Waals surface area contributed by atoms with Gasteiger partial charge in [0.05, 0.1) is 35.2 Å². The van der Waals surface area contributed by atoms with Gasteiger partial charge in [0, 0.05) is 11.6 Å². The summed E-state index contributed by atoms with van der Waals surface area (Å²) in [6, 6.07) is 3.38. The number of halogens is 1. The molecule has 7 heteroatoms. The van der Waals surface area contributed by atoms with Crippen LogP contribution >= 0.6 is 11.6 Å². The number of nitrogens with one attached hydrogen (secondary N) is 1. The number of carboxylic acids is 1. The minimum Gasteiger partial charge on any atom is -0.548 e. The molecule has 1 aliphatic rings. The molecule has 0 fully saturated rings. The Morgan fingerprint density at radius 2 is 2.21 bits per heavy atom. The van der Waals surface area contributed by atoms with Gasteiger partial charge in [-0.15, -0.1) is 0 Å². The van der Waals surface area contributed by atoms with E-state index in [2.05, 4.69) is 5.32 Å². The average Bonchev–Trinajstić information content (AvgIpc) is 2.61. The van der Waals surface area contributed by atoms with Crippen molar-refractivity contribution in [3.8, 4) is 0 Å². The number of rotatable bonds is 2. The summed E-state index contributed by atoms with van der Waals surface area (Å²) in [4.78, 5) is 22.2. The number of carbonyl (C=O) groups excluding carboxylic acids is 2. The van der Waals surface area contributed by atoms with E-state index in [9.17, 15) is 14.7 Å². The smallest absolute Gasteiger partial charge is 0.548 e. The maximum Gasteiger partial charge on any atom is 1.00 e. The van der Waals surface area contributed by atoms with Gasteiger partial charge in [-0.25, -0.2) is 0 Å². The Bertz CT molecular complexity index is 696. The van der Waals surface area contributed by atoms with Crippen molar-refractivity contribution in [3.63, 3.8) is 0 Å². The van der Waals surface area contributed by atoms with Crippen molar-refractivity contribution in [1.82, 2.24) is 4.57 Å². The topological polar surface area (TPSA) is 74.2 Å². The first-order chi connectivity index (χ1) is 8.56. The van der Waals surface area contributed by atoms with Gasteiger partial charge in [0.2, 0.25) is 5.91 Å². The van der Waals surface area contributed by atoms with Crippen molar-refractivity contribution in [2.24, 2.45) is 0 Å². The van der Waals surface area contributed by atoms with Crippen LogP contribution in [0.1, 0.15) is 5.56 Å². The molecule has 1 N–H and O–H groups in total. The molecule has 5 nitrogen and oxygen atoms in total. The van der Waals surface area contributed by atoms with Crippen molar-refractivity contribution in [2.45, 2.75) is 13.0 Å². The van der Waals surface area contributed by atoms with Crippen LogP contribution < -0.4 is 29.3 Å². The molecule has 0 saturated heterocycles.